The maximum atomic E-state index is 2.44. The molecule has 0 N–H and O–H groups in total. The van der Waals surface area contributed by atoms with E-state index in [1.54, 1.807) is 5.57 Å². The molecule has 0 spiro atoms. The van der Waals surface area contributed by atoms with Gasteiger partial charge in [-0.15, -0.1) is 0 Å². The van der Waals surface area contributed by atoms with Crippen LogP contribution >= 0.6 is 0 Å². The lowest BCUT2D eigenvalue weighted by Crippen LogP contribution is -1.83. The Morgan fingerprint density at radius 2 is 1.18 bits per heavy atom. The molecule has 98 valence electrons. The molecule has 1 aliphatic rings. The SMILES string of the molecule is CC1=CCCCCCCCCCCCC=CC1. The molecule has 0 aromatic heterocycles. The Morgan fingerprint density at radius 3 is 1.82 bits per heavy atom. The molecule has 0 nitrogen and oxygen atoms in total. The van der Waals surface area contributed by atoms with E-state index in [4.69, 9.17) is 0 Å². The van der Waals surface area contributed by atoms with Gasteiger partial charge in [-0.05, 0) is 39.0 Å². The molecule has 17 heavy (non-hydrogen) atoms. The second kappa shape index (κ2) is 10.6. The quantitative estimate of drug-likeness (QED) is 0.439. The topological polar surface area (TPSA) is 0 Å². The van der Waals surface area contributed by atoms with Gasteiger partial charge in [-0.2, -0.15) is 0 Å². The third-order valence-electron chi connectivity index (χ3n) is 3.67. The van der Waals surface area contributed by atoms with E-state index in [1.165, 1.54) is 77.0 Å². The molecule has 0 amide bonds. The van der Waals surface area contributed by atoms with Gasteiger partial charge >= 0.3 is 0 Å². The molecule has 0 heteroatoms. The van der Waals surface area contributed by atoms with Crippen molar-refractivity contribution in [1.29, 1.82) is 0 Å². The smallest absolute Gasteiger partial charge is 0.0142 e. The van der Waals surface area contributed by atoms with Crippen molar-refractivity contribution in [3.63, 3.8) is 0 Å². The minimum Gasteiger partial charge on any atom is -0.0882 e. The van der Waals surface area contributed by atoms with Crippen molar-refractivity contribution in [2.75, 3.05) is 0 Å². The normalized spacial score (nSPS) is 22.1. The van der Waals surface area contributed by atoms with Crippen molar-refractivity contribution in [3.05, 3.63) is 23.8 Å². The highest BCUT2D eigenvalue weighted by atomic mass is 14.0. The Labute approximate surface area is 108 Å². The molecular weight excluding hydrogens is 204 g/mol. The van der Waals surface area contributed by atoms with Gasteiger partial charge in [0.05, 0.1) is 0 Å². The van der Waals surface area contributed by atoms with Crippen molar-refractivity contribution in [2.45, 2.75) is 84.0 Å². The predicted molar refractivity (Wildman–Crippen MR) is 78.3 cm³/mol. The summed E-state index contributed by atoms with van der Waals surface area (Å²) < 4.78 is 0. The molecule has 0 bridgehead atoms. The summed E-state index contributed by atoms with van der Waals surface area (Å²) >= 11 is 0. The first kappa shape index (κ1) is 14.5. The zero-order chi connectivity index (χ0) is 12.2. The highest BCUT2D eigenvalue weighted by molar-refractivity contribution is 5.04. The lowest BCUT2D eigenvalue weighted by molar-refractivity contribution is 0.561. The van der Waals surface area contributed by atoms with Crippen LogP contribution in [-0.4, -0.2) is 0 Å². The van der Waals surface area contributed by atoms with Crippen LogP contribution in [0, 0.1) is 0 Å². The van der Waals surface area contributed by atoms with Crippen molar-refractivity contribution in [3.8, 4) is 0 Å². The van der Waals surface area contributed by atoms with E-state index in [0.29, 0.717) is 0 Å². The third-order valence-corrected chi connectivity index (χ3v) is 3.67. The average molecular weight is 234 g/mol. The molecule has 0 saturated carbocycles. The first-order chi connectivity index (χ1) is 8.39. The Morgan fingerprint density at radius 1 is 0.647 bits per heavy atom. The predicted octanol–water partition coefficient (Wildman–Crippen LogP) is 6.18. The van der Waals surface area contributed by atoms with Crippen molar-refractivity contribution in [1.82, 2.24) is 0 Å². The van der Waals surface area contributed by atoms with Crippen molar-refractivity contribution < 1.29 is 0 Å². The zero-order valence-corrected chi connectivity index (χ0v) is 11.7. The third kappa shape index (κ3) is 9.21. The molecule has 1 rings (SSSR count). The van der Waals surface area contributed by atoms with Crippen LogP contribution in [0.25, 0.3) is 0 Å². The minimum absolute atomic E-state index is 1.17. The van der Waals surface area contributed by atoms with Gasteiger partial charge in [0, 0.05) is 0 Å². The van der Waals surface area contributed by atoms with E-state index in [-0.39, 0.29) is 0 Å². The van der Waals surface area contributed by atoms with Crippen LogP contribution in [-0.2, 0) is 0 Å². The molecule has 0 aromatic carbocycles. The molecule has 1 aliphatic carbocycles. The first-order valence-electron chi connectivity index (χ1n) is 7.70. The lowest BCUT2D eigenvalue weighted by Gasteiger charge is -2.03. The molecule has 0 unspecified atom stereocenters. The molecule has 0 saturated heterocycles. The molecule has 0 radical (unpaired) electrons. The molecule has 0 aromatic rings. The van der Waals surface area contributed by atoms with Gasteiger partial charge in [-0.1, -0.05) is 68.7 Å². The van der Waals surface area contributed by atoms with Crippen LogP contribution in [0.1, 0.15) is 84.0 Å². The fourth-order valence-electron chi connectivity index (χ4n) is 2.46. The average Bonchev–Trinajstić information content (AvgIpc) is 2.32. The summed E-state index contributed by atoms with van der Waals surface area (Å²) in [6, 6.07) is 0. The van der Waals surface area contributed by atoms with Crippen LogP contribution in [0.5, 0.6) is 0 Å². The highest BCUT2D eigenvalue weighted by Gasteiger charge is 1.93. The molecule has 0 heterocycles. The maximum Gasteiger partial charge on any atom is -0.0142 e. The number of hydrogen-bond acceptors (Lipinski definition) is 0. The molecule has 0 atom stereocenters. The van der Waals surface area contributed by atoms with E-state index in [1.807, 2.05) is 0 Å². The van der Waals surface area contributed by atoms with Gasteiger partial charge in [-0.3, -0.25) is 0 Å². The van der Waals surface area contributed by atoms with Crippen molar-refractivity contribution in [2.24, 2.45) is 0 Å². The summed E-state index contributed by atoms with van der Waals surface area (Å²) in [4.78, 5) is 0. The summed E-state index contributed by atoms with van der Waals surface area (Å²) in [5, 5.41) is 0. The van der Waals surface area contributed by atoms with Gasteiger partial charge in [0.1, 0.15) is 0 Å². The maximum absolute atomic E-state index is 2.44. The van der Waals surface area contributed by atoms with Gasteiger partial charge in [-0.25, -0.2) is 0 Å². The van der Waals surface area contributed by atoms with Crippen LogP contribution in [0.2, 0.25) is 0 Å². The van der Waals surface area contributed by atoms with Gasteiger partial charge < -0.3 is 0 Å². The van der Waals surface area contributed by atoms with E-state index in [0.717, 1.165) is 0 Å². The number of hydrogen-bond donors (Lipinski definition) is 0. The Hall–Kier alpha value is -0.520. The fraction of sp³-hybridized carbons (Fsp3) is 0.765. The number of allylic oxidation sites excluding steroid dienone is 4. The van der Waals surface area contributed by atoms with Gasteiger partial charge in [0.25, 0.3) is 0 Å². The fourth-order valence-corrected chi connectivity index (χ4v) is 2.46. The van der Waals surface area contributed by atoms with Gasteiger partial charge in [0.15, 0.2) is 0 Å². The second-order valence-corrected chi connectivity index (χ2v) is 5.49. The van der Waals surface area contributed by atoms with Crippen LogP contribution in [0.4, 0.5) is 0 Å². The molecule has 0 aliphatic heterocycles. The van der Waals surface area contributed by atoms with Gasteiger partial charge in [0.2, 0.25) is 0 Å². The van der Waals surface area contributed by atoms with E-state index < -0.39 is 0 Å². The molecular formula is C17H30. The number of rotatable bonds is 0. The van der Waals surface area contributed by atoms with E-state index in [9.17, 15) is 0 Å². The molecule has 0 fully saturated rings. The Bertz CT molecular complexity index is 222. The minimum atomic E-state index is 1.17. The summed E-state index contributed by atoms with van der Waals surface area (Å²) in [5.41, 5.74) is 1.55. The largest absolute Gasteiger partial charge is 0.0882 e. The van der Waals surface area contributed by atoms with E-state index in [2.05, 4.69) is 25.2 Å². The summed E-state index contributed by atoms with van der Waals surface area (Å²) in [6.07, 6.45) is 23.8. The highest BCUT2D eigenvalue weighted by Crippen LogP contribution is 2.13. The monoisotopic (exact) mass is 234 g/mol. The first-order valence-corrected chi connectivity index (χ1v) is 7.70. The van der Waals surface area contributed by atoms with E-state index >= 15 is 0 Å². The Kier molecular flexibility index (Phi) is 9.09. The van der Waals surface area contributed by atoms with Crippen LogP contribution in [0.15, 0.2) is 23.8 Å². The van der Waals surface area contributed by atoms with Crippen LogP contribution < -0.4 is 0 Å². The van der Waals surface area contributed by atoms with Crippen molar-refractivity contribution >= 4 is 0 Å². The lowest BCUT2D eigenvalue weighted by atomic mass is 10.0. The zero-order valence-electron chi connectivity index (χ0n) is 11.7. The standard InChI is InChI=1S/C17H30/c1-17-15-13-11-9-7-5-3-2-4-6-8-10-12-14-16-17/h11,13,16H,2-10,12,14-15H2,1H3. The Balaban J connectivity index is 2.25. The summed E-state index contributed by atoms with van der Waals surface area (Å²) in [5.74, 6) is 0. The second-order valence-electron chi connectivity index (χ2n) is 5.49. The van der Waals surface area contributed by atoms with Crippen LogP contribution in [0.3, 0.4) is 0 Å². The summed E-state index contributed by atoms with van der Waals surface area (Å²) in [7, 11) is 0. The summed E-state index contributed by atoms with van der Waals surface area (Å²) in [6.45, 7) is 2.27.